The second-order valence-corrected chi connectivity index (χ2v) is 6.71. The summed E-state index contributed by atoms with van der Waals surface area (Å²) in [4.78, 5) is 26.5. The largest absolute Gasteiger partial charge is 0.489 e. The lowest BCUT2D eigenvalue weighted by atomic mass is 10.2. The van der Waals surface area contributed by atoms with Gasteiger partial charge < -0.3 is 14.2 Å². The summed E-state index contributed by atoms with van der Waals surface area (Å²) in [5.74, 6) is 0.235. The van der Waals surface area contributed by atoms with Gasteiger partial charge in [-0.15, -0.1) is 0 Å². The summed E-state index contributed by atoms with van der Waals surface area (Å²) in [5.41, 5.74) is 1.66. The van der Waals surface area contributed by atoms with E-state index >= 15 is 0 Å². The van der Waals surface area contributed by atoms with E-state index in [4.69, 9.17) is 14.2 Å². The van der Waals surface area contributed by atoms with Crippen LogP contribution in [0.2, 0.25) is 0 Å². The Balaban J connectivity index is 1.54. The lowest BCUT2D eigenvalue weighted by Gasteiger charge is -2.23. The molecule has 1 aliphatic rings. The first kappa shape index (κ1) is 20.5. The molecule has 3 rings (SSSR count). The molecule has 1 fully saturated rings. The molecule has 0 radical (unpaired) electrons. The molecule has 0 aliphatic carbocycles. The Bertz CT molecular complexity index is 836. The quantitative estimate of drug-likeness (QED) is 0.497. The summed E-state index contributed by atoms with van der Waals surface area (Å²) in [6.45, 7) is 4.72. The molecule has 1 amide bonds. The summed E-state index contributed by atoms with van der Waals surface area (Å²) in [6.07, 6.45) is 2.43. The number of hydrogen-bond acceptors (Lipinski definition) is 5. The fraction of sp³-hybridized carbons (Fsp3) is 0.304. The zero-order chi connectivity index (χ0) is 20.5. The van der Waals surface area contributed by atoms with Gasteiger partial charge in [-0.1, -0.05) is 61.2 Å². The highest BCUT2D eigenvalue weighted by Crippen LogP contribution is 2.23. The lowest BCUT2D eigenvalue weighted by Crippen LogP contribution is -2.41. The maximum Gasteiger partial charge on any atom is 0.410 e. The fourth-order valence-electron chi connectivity index (χ4n) is 3.19. The third-order valence-corrected chi connectivity index (χ3v) is 4.66. The summed E-state index contributed by atoms with van der Waals surface area (Å²) < 4.78 is 16.4. The van der Waals surface area contributed by atoms with Crippen molar-refractivity contribution in [3.05, 3.63) is 78.4 Å². The van der Waals surface area contributed by atoms with Crippen LogP contribution in [0, 0.1) is 0 Å². The van der Waals surface area contributed by atoms with Gasteiger partial charge in [0, 0.05) is 12.1 Å². The van der Waals surface area contributed by atoms with E-state index in [1.807, 2.05) is 54.6 Å². The van der Waals surface area contributed by atoms with E-state index < -0.39 is 18.1 Å². The number of para-hydroxylation sites is 1. The van der Waals surface area contributed by atoms with Crippen molar-refractivity contribution in [2.24, 2.45) is 0 Å². The smallest absolute Gasteiger partial charge is 0.410 e. The Hall–Kier alpha value is -3.28. The zero-order valence-corrected chi connectivity index (χ0v) is 16.3. The van der Waals surface area contributed by atoms with E-state index in [1.165, 1.54) is 4.90 Å². The topological polar surface area (TPSA) is 65.1 Å². The highest BCUT2D eigenvalue weighted by atomic mass is 16.6. The number of carbonyl (C=O) groups is 2. The van der Waals surface area contributed by atoms with Crippen LogP contribution in [0.3, 0.4) is 0 Å². The van der Waals surface area contributed by atoms with Crippen LogP contribution in [-0.4, -0.2) is 36.2 Å². The highest BCUT2D eigenvalue weighted by Gasteiger charge is 2.36. The van der Waals surface area contributed by atoms with Gasteiger partial charge >= 0.3 is 12.1 Å². The minimum Gasteiger partial charge on any atom is -0.489 e. The Morgan fingerprint density at radius 1 is 1.03 bits per heavy atom. The number of esters is 1. The average Bonchev–Trinajstić information content (AvgIpc) is 3.26. The van der Waals surface area contributed by atoms with E-state index in [2.05, 4.69) is 6.58 Å². The second kappa shape index (κ2) is 10.3. The molecule has 1 saturated heterocycles. The predicted octanol–water partition coefficient (Wildman–Crippen LogP) is 4.10. The number of nitrogens with zero attached hydrogens (tertiary/aromatic N) is 1. The van der Waals surface area contributed by atoms with Gasteiger partial charge in [0.15, 0.2) is 0 Å². The average molecular weight is 395 g/mol. The number of amides is 1. The standard InChI is InChI=1S/C23H25NO5/c1-2-15-27-21-13-7-6-11-19(21)17-29-23(26)24-14-8-12-20(24)22(25)28-16-18-9-4-3-5-10-18/h2-7,9-11,13,20H,1,8,12,14-17H2. The van der Waals surface area contributed by atoms with Crippen LogP contribution in [0.25, 0.3) is 0 Å². The van der Waals surface area contributed by atoms with Gasteiger partial charge in [0.1, 0.15) is 31.6 Å². The zero-order valence-electron chi connectivity index (χ0n) is 16.3. The maximum absolute atomic E-state index is 12.6. The number of hydrogen-bond donors (Lipinski definition) is 0. The number of rotatable bonds is 8. The van der Waals surface area contributed by atoms with Crippen LogP contribution >= 0.6 is 0 Å². The van der Waals surface area contributed by atoms with Crippen molar-refractivity contribution in [3.63, 3.8) is 0 Å². The fourth-order valence-corrected chi connectivity index (χ4v) is 3.19. The summed E-state index contributed by atoms with van der Waals surface area (Å²) in [6, 6.07) is 16.2. The van der Waals surface area contributed by atoms with Crippen LogP contribution in [0.4, 0.5) is 4.79 Å². The first-order chi connectivity index (χ1) is 14.2. The minimum atomic E-state index is -0.613. The monoisotopic (exact) mass is 395 g/mol. The van der Waals surface area contributed by atoms with E-state index in [9.17, 15) is 9.59 Å². The molecule has 0 spiro atoms. The normalized spacial score (nSPS) is 15.6. The number of benzene rings is 2. The number of likely N-dealkylation sites (tertiary alicyclic amines) is 1. The van der Waals surface area contributed by atoms with Crippen molar-refractivity contribution >= 4 is 12.1 Å². The van der Waals surface area contributed by atoms with Gasteiger partial charge in [0.05, 0.1) is 0 Å². The third-order valence-electron chi connectivity index (χ3n) is 4.66. The van der Waals surface area contributed by atoms with Gasteiger partial charge in [-0.05, 0) is 24.5 Å². The summed E-state index contributed by atoms with van der Waals surface area (Å²) in [5, 5.41) is 0. The maximum atomic E-state index is 12.6. The number of ether oxygens (including phenoxy) is 3. The molecule has 0 bridgehead atoms. The molecular formula is C23H25NO5. The molecule has 6 nitrogen and oxygen atoms in total. The van der Waals surface area contributed by atoms with E-state index in [-0.39, 0.29) is 13.2 Å². The molecule has 1 unspecified atom stereocenters. The van der Waals surface area contributed by atoms with Crippen LogP contribution in [0.5, 0.6) is 5.75 Å². The molecule has 0 aromatic heterocycles. The van der Waals surface area contributed by atoms with Crippen molar-refractivity contribution in [2.45, 2.75) is 32.1 Å². The number of carbonyl (C=O) groups excluding carboxylic acids is 2. The molecule has 0 N–H and O–H groups in total. The van der Waals surface area contributed by atoms with Gasteiger partial charge in [0.25, 0.3) is 0 Å². The molecule has 1 aliphatic heterocycles. The van der Waals surface area contributed by atoms with Crippen molar-refractivity contribution in [3.8, 4) is 5.75 Å². The van der Waals surface area contributed by atoms with Crippen LogP contribution in [0.1, 0.15) is 24.0 Å². The Morgan fingerprint density at radius 3 is 2.59 bits per heavy atom. The van der Waals surface area contributed by atoms with Crippen LogP contribution in [0.15, 0.2) is 67.3 Å². The van der Waals surface area contributed by atoms with Gasteiger partial charge in [-0.2, -0.15) is 0 Å². The second-order valence-electron chi connectivity index (χ2n) is 6.71. The molecule has 1 heterocycles. The van der Waals surface area contributed by atoms with Crippen molar-refractivity contribution in [2.75, 3.05) is 13.2 Å². The van der Waals surface area contributed by atoms with Crippen molar-refractivity contribution in [1.82, 2.24) is 4.90 Å². The third kappa shape index (κ3) is 5.60. The van der Waals surface area contributed by atoms with E-state index in [0.717, 1.165) is 17.5 Å². The molecule has 29 heavy (non-hydrogen) atoms. The Morgan fingerprint density at radius 2 is 1.79 bits per heavy atom. The van der Waals surface area contributed by atoms with Gasteiger partial charge in [-0.25, -0.2) is 9.59 Å². The molecule has 0 saturated carbocycles. The summed E-state index contributed by atoms with van der Waals surface area (Å²) >= 11 is 0. The molecule has 1 atom stereocenters. The van der Waals surface area contributed by atoms with Crippen molar-refractivity contribution < 1.29 is 23.8 Å². The van der Waals surface area contributed by atoms with Crippen molar-refractivity contribution in [1.29, 1.82) is 0 Å². The first-order valence-electron chi connectivity index (χ1n) is 9.64. The lowest BCUT2D eigenvalue weighted by molar-refractivity contribution is -0.149. The molecule has 2 aromatic rings. The Labute approximate surface area is 170 Å². The van der Waals surface area contributed by atoms with E-state index in [0.29, 0.717) is 25.3 Å². The SMILES string of the molecule is C=CCOc1ccccc1COC(=O)N1CCCC1C(=O)OCc1ccccc1. The molecule has 6 heteroatoms. The predicted molar refractivity (Wildman–Crippen MR) is 108 cm³/mol. The van der Waals surface area contributed by atoms with Crippen LogP contribution in [-0.2, 0) is 27.5 Å². The van der Waals surface area contributed by atoms with E-state index in [1.54, 1.807) is 6.08 Å². The minimum absolute atomic E-state index is 0.0639. The Kier molecular flexibility index (Phi) is 7.28. The molecular weight excluding hydrogens is 370 g/mol. The first-order valence-corrected chi connectivity index (χ1v) is 9.64. The highest BCUT2D eigenvalue weighted by molar-refractivity contribution is 5.82. The molecule has 2 aromatic carbocycles. The van der Waals surface area contributed by atoms with Crippen LogP contribution < -0.4 is 4.74 Å². The molecule has 152 valence electrons. The van der Waals surface area contributed by atoms with Gasteiger partial charge in [-0.3, -0.25) is 4.90 Å². The van der Waals surface area contributed by atoms with Gasteiger partial charge in [0.2, 0.25) is 0 Å². The summed E-state index contributed by atoms with van der Waals surface area (Å²) in [7, 11) is 0.